The molecule has 1 heterocycles. The lowest BCUT2D eigenvalue weighted by atomic mass is 10.1. The number of rotatable bonds is 6. The van der Waals surface area contributed by atoms with Crippen molar-refractivity contribution in [1.82, 2.24) is 5.32 Å². The minimum Gasteiger partial charge on any atom is -0.456 e. The molecular formula is C16H17F2NO4. The molecule has 2 N–H and O–H groups in total. The van der Waals surface area contributed by atoms with E-state index in [9.17, 15) is 18.7 Å². The summed E-state index contributed by atoms with van der Waals surface area (Å²) in [5, 5.41) is 12.6. The number of amides is 1. The molecule has 0 aliphatic heterocycles. The summed E-state index contributed by atoms with van der Waals surface area (Å²) >= 11 is 0. The summed E-state index contributed by atoms with van der Waals surface area (Å²) in [5.74, 6) is 0.409. The zero-order valence-electron chi connectivity index (χ0n) is 12.7. The van der Waals surface area contributed by atoms with E-state index in [-0.39, 0.29) is 18.1 Å². The Bertz CT molecular complexity index is 667. The third-order valence-corrected chi connectivity index (χ3v) is 3.19. The quantitative estimate of drug-likeness (QED) is 0.856. The maximum Gasteiger partial charge on any atom is 0.387 e. The molecule has 2 aromatic rings. The molecule has 0 saturated heterocycles. The molecule has 1 atom stereocenters. The second-order valence-corrected chi connectivity index (χ2v) is 5.04. The van der Waals surface area contributed by atoms with Crippen molar-refractivity contribution in [1.29, 1.82) is 0 Å². The summed E-state index contributed by atoms with van der Waals surface area (Å²) in [4.78, 5) is 12.0. The average Bonchev–Trinajstić information content (AvgIpc) is 2.83. The van der Waals surface area contributed by atoms with Gasteiger partial charge in [-0.25, -0.2) is 0 Å². The Labute approximate surface area is 131 Å². The SMILES string of the molecule is Cc1cc(C)c(C(=O)NCC(O)c2ccc(OC(F)F)cc2)o1. The molecule has 124 valence electrons. The van der Waals surface area contributed by atoms with Crippen LogP contribution in [0, 0.1) is 13.8 Å². The number of aliphatic hydroxyl groups excluding tert-OH is 1. The van der Waals surface area contributed by atoms with E-state index in [1.807, 2.05) is 0 Å². The summed E-state index contributed by atoms with van der Waals surface area (Å²) in [7, 11) is 0. The number of hydrogen-bond donors (Lipinski definition) is 2. The molecule has 0 aliphatic carbocycles. The second-order valence-electron chi connectivity index (χ2n) is 5.04. The first-order chi connectivity index (χ1) is 10.9. The Morgan fingerprint density at radius 1 is 1.30 bits per heavy atom. The van der Waals surface area contributed by atoms with Gasteiger partial charge in [0.05, 0.1) is 6.10 Å². The van der Waals surface area contributed by atoms with Crippen LogP contribution in [0.25, 0.3) is 0 Å². The van der Waals surface area contributed by atoms with Gasteiger partial charge < -0.3 is 19.6 Å². The number of hydrogen-bond acceptors (Lipinski definition) is 4. The van der Waals surface area contributed by atoms with Crippen LogP contribution in [0.3, 0.4) is 0 Å². The lowest BCUT2D eigenvalue weighted by molar-refractivity contribution is -0.0498. The molecule has 0 radical (unpaired) electrons. The van der Waals surface area contributed by atoms with E-state index in [1.165, 1.54) is 24.3 Å². The van der Waals surface area contributed by atoms with Crippen LogP contribution in [-0.2, 0) is 0 Å². The number of carbonyl (C=O) groups is 1. The van der Waals surface area contributed by atoms with E-state index in [1.54, 1.807) is 19.9 Å². The van der Waals surface area contributed by atoms with Crippen molar-refractivity contribution in [3.05, 3.63) is 53.0 Å². The van der Waals surface area contributed by atoms with Crippen LogP contribution in [0.2, 0.25) is 0 Å². The van der Waals surface area contributed by atoms with Crippen LogP contribution in [0.4, 0.5) is 8.78 Å². The highest BCUT2D eigenvalue weighted by atomic mass is 19.3. The number of aryl methyl sites for hydroxylation is 2. The van der Waals surface area contributed by atoms with Crippen LogP contribution in [0.15, 0.2) is 34.7 Å². The molecule has 1 aromatic carbocycles. The van der Waals surface area contributed by atoms with Crippen LogP contribution < -0.4 is 10.1 Å². The number of alkyl halides is 2. The summed E-state index contributed by atoms with van der Waals surface area (Å²) < 4.78 is 33.6. The molecule has 0 spiro atoms. The van der Waals surface area contributed by atoms with Crippen molar-refractivity contribution >= 4 is 5.91 Å². The Balaban J connectivity index is 1.92. The zero-order valence-corrected chi connectivity index (χ0v) is 12.7. The van der Waals surface area contributed by atoms with E-state index in [0.29, 0.717) is 16.9 Å². The summed E-state index contributed by atoms with van der Waals surface area (Å²) in [6.07, 6.45) is -0.976. The van der Waals surface area contributed by atoms with E-state index in [4.69, 9.17) is 4.42 Å². The fraction of sp³-hybridized carbons (Fsp3) is 0.312. The fourth-order valence-electron chi connectivity index (χ4n) is 2.13. The third kappa shape index (κ3) is 4.53. The Kier molecular flexibility index (Phi) is 5.33. The number of aliphatic hydroxyl groups is 1. The maximum absolute atomic E-state index is 12.1. The average molecular weight is 325 g/mol. The Morgan fingerprint density at radius 3 is 2.48 bits per heavy atom. The van der Waals surface area contributed by atoms with Gasteiger partial charge in [-0.15, -0.1) is 0 Å². The summed E-state index contributed by atoms with van der Waals surface area (Å²) in [6, 6.07) is 7.31. The largest absolute Gasteiger partial charge is 0.456 e. The van der Waals surface area contributed by atoms with Gasteiger partial charge in [0.25, 0.3) is 5.91 Å². The van der Waals surface area contributed by atoms with Gasteiger partial charge >= 0.3 is 6.61 Å². The molecule has 5 nitrogen and oxygen atoms in total. The molecule has 1 amide bonds. The monoisotopic (exact) mass is 325 g/mol. The van der Waals surface area contributed by atoms with E-state index in [0.717, 1.165) is 0 Å². The second kappa shape index (κ2) is 7.23. The van der Waals surface area contributed by atoms with Gasteiger partial charge in [-0.3, -0.25) is 4.79 Å². The van der Waals surface area contributed by atoms with Crippen molar-refractivity contribution in [2.45, 2.75) is 26.6 Å². The van der Waals surface area contributed by atoms with Crippen molar-refractivity contribution in [3.8, 4) is 5.75 Å². The molecule has 7 heteroatoms. The highest BCUT2D eigenvalue weighted by molar-refractivity contribution is 5.92. The standard InChI is InChI=1S/C16H17F2NO4/c1-9-7-10(2)22-14(9)15(21)19-8-13(20)11-3-5-12(6-4-11)23-16(17)18/h3-7,13,16,20H,8H2,1-2H3,(H,19,21). The molecule has 1 aromatic heterocycles. The topological polar surface area (TPSA) is 71.7 Å². The number of ether oxygens (including phenoxy) is 1. The number of furan rings is 1. The van der Waals surface area contributed by atoms with Gasteiger partial charge in [-0.1, -0.05) is 12.1 Å². The van der Waals surface area contributed by atoms with Crippen LogP contribution >= 0.6 is 0 Å². The third-order valence-electron chi connectivity index (χ3n) is 3.19. The van der Waals surface area contributed by atoms with Crippen LogP contribution in [0.5, 0.6) is 5.75 Å². The highest BCUT2D eigenvalue weighted by Crippen LogP contribution is 2.19. The minimum absolute atomic E-state index is 0.00155. The Morgan fingerprint density at radius 2 is 1.96 bits per heavy atom. The molecule has 0 bridgehead atoms. The zero-order chi connectivity index (χ0) is 17.0. The van der Waals surface area contributed by atoms with Gasteiger partial charge in [0.2, 0.25) is 0 Å². The fourth-order valence-corrected chi connectivity index (χ4v) is 2.13. The number of nitrogens with one attached hydrogen (secondary N) is 1. The lowest BCUT2D eigenvalue weighted by Gasteiger charge is -2.12. The van der Waals surface area contributed by atoms with E-state index in [2.05, 4.69) is 10.1 Å². The first-order valence-electron chi connectivity index (χ1n) is 6.95. The first-order valence-corrected chi connectivity index (χ1v) is 6.95. The highest BCUT2D eigenvalue weighted by Gasteiger charge is 2.16. The smallest absolute Gasteiger partial charge is 0.387 e. The molecule has 0 saturated carbocycles. The van der Waals surface area contributed by atoms with Gasteiger partial charge in [-0.2, -0.15) is 8.78 Å². The molecular weight excluding hydrogens is 308 g/mol. The van der Waals surface area contributed by atoms with Crippen LogP contribution in [0.1, 0.15) is 33.5 Å². The number of halogens is 2. The molecule has 2 rings (SSSR count). The summed E-state index contributed by atoms with van der Waals surface area (Å²) in [6.45, 7) is 0.559. The van der Waals surface area contributed by atoms with E-state index >= 15 is 0 Å². The number of carbonyl (C=O) groups excluding carboxylic acids is 1. The molecule has 1 unspecified atom stereocenters. The van der Waals surface area contributed by atoms with Crippen molar-refractivity contribution in [2.75, 3.05) is 6.54 Å². The van der Waals surface area contributed by atoms with Gasteiger partial charge in [0, 0.05) is 12.1 Å². The van der Waals surface area contributed by atoms with Gasteiger partial charge in [0.1, 0.15) is 11.5 Å². The Hall–Kier alpha value is -2.41. The molecule has 0 aliphatic rings. The van der Waals surface area contributed by atoms with Crippen molar-refractivity contribution in [3.63, 3.8) is 0 Å². The minimum atomic E-state index is -2.90. The number of benzene rings is 1. The van der Waals surface area contributed by atoms with Crippen LogP contribution in [-0.4, -0.2) is 24.2 Å². The van der Waals surface area contributed by atoms with E-state index < -0.39 is 18.6 Å². The van der Waals surface area contributed by atoms with Crippen molar-refractivity contribution < 1.29 is 27.8 Å². The van der Waals surface area contributed by atoms with Crippen molar-refractivity contribution in [2.24, 2.45) is 0 Å². The lowest BCUT2D eigenvalue weighted by Crippen LogP contribution is -2.28. The summed E-state index contributed by atoms with van der Waals surface area (Å²) in [5.41, 5.74) is 1.18. The maximum atomic E-state index is 12.1. The normalized spacial score (nSPS) is 12.3. The predicted molar refractivity (Wildman–Crippen MR) is 78.5 cm³/mol. The molecule has 0 fully saturated rings. The predicted octanol–water partition coefficient (Wildman–Crippen LogP) is 2.96. The van der Waals surface area contributed by atoms with Gasteiger partial charge in [-0.05, 0) is 37.6 Å². The first kappa shape index (κ1) is 17.0. The molecule has 23 heavy (non-hydrogen) atoms. The van der Waals surface area contributed by atoms with Gasteiger partial charge in [0.15, 0.2) is 5.76 Å².